The van der Waals surface area contributed by atoms with E-state index >= 15 is 0 Å². The summed E-state index contributed by atoms with van der Waals surface area (Å²) in [4.78, 5) is 42.7. The second-order valence-electron chi connectivity index (χ2n) is 10.4. The highest BCUT2D eigenvalue weighted by atomic mass is 19.1. The van der Waals surface area contributed by atoms with Crippen LogP contribution in [0, 0.1) is 24.7 Å². The predicted octanol–water partition coefficient (Wildman–Crippen LogP) is 4.11. The van der Waals surface area contributed by atoms with Crippen LogP contribution >= 0.6 is 0 Å². The quantitative estimate of drug-likeness (QED) is 0.706. The van der Waals surface area contributed by atoms with Gasteiger partial charge in [-0.1, -0.05) is 13.8 Å². The van der Waals surface area contributed by atoms with Gasteiger partial charge in [-0.15, -0.1) is 0 Å². The number of urea groups is 1. The van der Waals surface area contributed by atoms with Crippen LogP contribution in [-0.2, 0) is 11.8 Å². The summed E-state index contributed by atoms with van der Waals surface area (Å²) < 4.78 is 15.4. The summed E-state index contributed by atoms with van der Waals surface area (Å²) in [5.74, 6) is -0.534. The highest BCUT2D eigenvalue weighted by Gasteiger charge is 2.34. The van der Waals surface area contributed by atoms with E-state index in [1.807, 2.05) is 26.0 Å². The standard InChI is InChI=1S/C26H35FN4O3/c1-14-5-7-19(29-26(34)30-24(32)17-6-8-22(27)15(2)9-17)12-20(14)21-11-18-13-28-16(3)10-23(18)31(4)25(21)33/h10-11,13-15,17,19-20,22H,5-9,12H2,1-4H3,(H2,29,30,32,34). The smallest absolute Gasteiger partial charge is 0.321 e. The van der Waals surface area contributed by atoms with Gasteiger partial charge in [0, 0.05) is 41.8 Å². The summed E-state index contributed by atoms with van der Waals surface area (Å²) in [7, 11) is 1.78. The number of carbonyl (C=O) groups excluding carboxylic acids is 2. The third-order valence-electron chi connectivity index (χ3n) is 7.88. The van der Waals surface area contributed by atoms with Crippen molar-refractivity contribution in [1.82, 2.24) is 20.2 Å². The van der Waals surface area contributed by atoms with E-state index in [4.69, 9.17) is 0 Å². The summed E-state index contributed by atoms with van der Waals surface area (Å²) in [5.41, 5.74) is 2.44. The normalized spacial score (nSPS) is 29.6. The topological polar surface area (TPSA) is 93.1 Å². The summed E-state index contributed by atoms with van der Waals surface area (Å²) in [6, 6.07) is 3.21. The molecular weight excluding hydrogens is 435 g/mol. The number of carbonyl (C=O) groups is 2. The van der Waals surface area contributed by atoms with Gasteiger partial charge in [0.05, 0.1) is 5.52 Å². The molecule has 0 spiro atoms. The molecule has 6 unspecified atom stereocenters. The maximum absolute atomic E-state index is 13.7. The van der Waals surface area contributed by atoms with Crippen molar-refractivity contribution in [2.75, 3.05) is 0 Å². The molecule has 184 valence electrons. The number of nitrogens with zero attached hydrogens (tertiary/aromatic N) is 2. The van der Waals surface area contributed by atoms with Crippen LogP contribution in [0.5, 0.6) is 0 Å². The van der Waals surface area contributed by atoms with Crippen LogP contribution < -0.4 is 16.2 Å². The zero-order chi connectivity index (χ0) is 24.6. The van der Waals surface area contributed by atoms with E-state index in [-0.39, 0.29) is 35.3 Å². The minimum atomic E-state index is -0.873. The molecule has 0 aliphatic heterocycles. The molecule has 2 aliphatic carbocycles. The lowest BCUT2D eigenvalue weighted by Gasteiger charge is -2.35. The summed E-state index contributed by atoms with van der Waals surface area (Å²) in [5, 5.41) is 6.33. The van der Waals surface area contributed by atoms with Crippen molar-refractivity contribution in [3.63, 3.8) is 0 Å². The molecule has 8 heteroatoms. The first kappa shape index (κ1) is 24.4. The molecule has 2 aliphatic rings. The van der Waals surface area contributed by atoms with E-state index in [1.165, 1.54) is 0 Å². The minimum Gasteiger partial charge on any atom is -0.335 e. The largest absolute Gasteiger partial charge is 0.335 e. The van der Waals surface area contributed by atoms with Gasteiger partial charge >= 0.3 is 6.03 Å². The highest BCUT2D eigenvalue weighted by Crippen LogP contribution is 2.37. The second-order valence-corrected chi connectivity index (χ2v) is 10.4. The molecular formula is C26H35FN4O3. The van der Waals surface area contributed by atoms with E-state index in [0.29, 0.717) is 31.6 Å². The molecule has 2 saturated carbocycles. The van der Waals surface area contributed by atoms with Crippen molar-refractivity contribution >= 4 is 22.8 Å². The third kappa shape index (κ3) is 5.00. The maximum Gasteiger partial charge on any atom is 0.321 e. The number of pyridine rings is 2. The number of nitrogens with one attached hydrogen (secondary N) is 2. The molecule has 7 nitrogen and oxygen atoms in total. The lowest BCUT2D eigenvalue weighted by molar-refractivity contribution is -0.125. The minimum absolute atomic E-state index is 0.000152. The first-order valence-corrected chi connectivity index (χ1v) is 12.4. The van der Waals surface area contributed by atoms with Gasteiger partial charge in [0.15, 0.2) is 0 Å². The van der Waals surface area contributed by atoms with Gasteiger partial charge in [0.2, 0.25) is 5.91 Å². The molecule has 3 amide bonds. The van der Waals surface area contributed by atoms with Gasteiger partial charge in [-0.3, -0.25) is 19.9 Å². The second kappa shape index (κ2) is 9.84. The molecule has 0 bridgehead atoms. The van der Waals surface area contributed by atoms with Crippen molar-refractivity contribution in [3.8, 4) is 0 Å². The van der Waals surface area contributed by atoms with Crippen LogP contribution in [0.15, 0.2) is 23.1 Å². The zero-order valence-corrected chi connectivity index (χ0v) is 20.4. The highest BCUT2D eigenvalue weighted by molar-refractivity contribution is 5.95. The average Bonchev–Trinajstić information content (AvgIpc) is 2.79. The van der Waals surface area contributed by atoms with E-state index in [0.717, 1.165) is 35.0 Å². The molecule has 4 rings (SSSR count). The number of hydrogen-bond donors (Lipinski definition) is 2. The molecule has 2 heterocycles. The Bertz CT molecular complexity index is 1150. The first-order valence-electron chi connectivity index (χ1n) is 12.4. The number of alkyl halides is 1. The number of hydrogen-bond acceptors (Lipinski definition) is 4. The van der Waals surface area contributed by atoms with E-state index in [2.05, 4.69) is 22.5 Å². The fourth-order valence-electron chi connectivity index (χ4n) is 5.67. The van der Waals surface area contributed by atoms with Crippen LogP contribution in [0.25, 0.3) is 10.9 Å². The molecule has 2 aromatic rings. The van der Waals surface area contributed by atoms with E-state index < -0.39 is 12.2 Å². The first-order chi connectivity index (χ1) is 16.1. The Balaban J connectivity index is 1.44. The lowest BCUT2D eigenvalue weighted by Crippen LogP contribution is -2.49. The number of rotatable bonds is 3. The van der Waals surface area contributed by atoms with Gasteiger partial charge in [-0.05, 0) is 75.3 Å². The van der Waals surface area contributed by atoms with E-state index in [9.17, 15) is 18.8 Å². The van der Waals surface area contributed by atoms with Crippen molar-refractivity contribution in [2.45, 2.75) is 77.4 Å². The Labute approximate surface area is 199 Å². The molecule has 2 fully saturated rings. The van der Waals surface area contributed by atoms with Gasteiger partial charge < -0.3 is 9.88 Å². The Morgan fingerprint density at radius 3 is 2.59 bits per heavy atom. The van der Waals surface area contributed by atoms with Crippen molar-refractivity contribution in [2.24, 2.45) is 24.8 Å². The summed E-state index contributed by atoms with van der Waals surface area (Å²) in [6.07, 6.45) is 4.50. The molecule has 0 aromatic carbocycles. The molecule has 2 N–H and O–H groups in total. The maximum atomic E-state index is 13.7. The fraction of sp³-hybridized carbons (Fsp3) is 0.615. The molecule has 0 radical (unpaired) electrons. The van der Waals surface area contributed by atoms with Gasteiger partial charge in [0.1, 0.15) is 6.17 Å². The Hall–Kier alpha value is -2.77. The van der Waals surface area contributed by atoms with Gasteiger partial charge in [0.25, 0.3) is 5.56 Å². The van der Waals surface area contributed by atoms with Crippen molar-refractivity contribution in [1.29, 1.82) is 0 Å². The number of aromatic nitrogens is 2. The van der Waals surface area contributed by atoms with E-state index in [1.54, 1.807) is 17.8 Å². The van der Waals surface area contributed by atoms with Crippen LogP contribution in [-0.4, -0.2) is 33.7 Å². The van der Waals surface area contributed by atoms with Gasteiger partial charge in [-0.2, -0.15) is 0 Å². The average molecular weight is 471 g/mol. The van der Waals surface area contributed by atoms with Crippen molar-refractivity contribution in [3.05, 3.63) is 39.9 Å². The third-order valence-corrected chi connectivity index (χ3v) is 7.88. The van der Waals surface area contributed by atoms with Gasteiger partial charge in [-0.25, -0.2) is 9.18 Å². The number of imide groups is 1. The van der Waals surface area contributed by atoms with Crippen molar-refractivity contribution < 1.29 is 14.0 Å². The number of fused-ring (bicyclic) bond motifs is 1. The van der Waals surface area contributed by atoms with Crippen LogP contribution in [0.3, 0.4) is 0 Å². The monoisotopic (exact) mass is 470 g/mol. The zero-order valence-electron chi connectivity index (χ0n) is 20.4. The molecule has 2 aromatic heterocycles. The fourth-order valence-corrected chi connectivity index (χ4v) is 5.67. The predicted molar refractivity (Wildman–Crippen MR) is 129 cm³/mol. The van der Waals surface area contributed by atoms with Crippen LogP contribution in [0.1, 0.15) is 69.5 Å². The number of aryl methyl sites for hydroxylation is 2. The summed E-state index contributed by atoms with van der Waals surface area (Å²) in [6.45, 7) is 5.85. The Morgan fingerprint density at radius 1 is 1.09 bits per heavy atom. The molecule has 6 atom stereocenters. The summed E-state index contributed by atoms with van der Waals surface area (Å²) >= 11 is 0. The Kier molecular flexibility index (Phi) is 7.05. The number of halogens is 1. The lowest BCUT2D eigenvalue weighted by atomic mass is 9.74. The Morgan fingerprint density at radius 2 is 1.85 bits per heavy atom. The van der Waals surface area contributed by atoms with Crippen LogP contribution in [0.2, 0.25) is 0 Å². The number of amides is 3. The molecule has 0 saturated heterocycles. The van der Waals surface area contributed by atoms with Crippen LogP contribution in [0.4, 0.5) is 9.18 Å². The molecule has 34 heavy (non-hydrogen) atoms. The SMILES string of the molecule is Cc1cc2c(cn1)cc(C1CC(NC(=O)NC(=O)C3CCC(F)C(C)C3)CCC1C)c(=O)n2C.